The molecule has 0 radical (unpaired) electrons. The number of benzene rings is 2. The van der Waals surface area contributed by atoms with Crippen LogP contribution in [-0.2, 0) is 0 Å². The predicted octanol–water partition coefficient (Wildman–Crippen LogP) is 8.29. The highest BCUT2D eigenvalue weighted by Crippen LogP contribution is 2.38. The van der Waals surface area contributed by atoms with Crippen molar-refractivity contribution in [1.29, 1.82) is 0 Å². The SMILES string of the molecule is CCCCCCN(CCCCCC)c1ccc(-c2nc3cc(Cl)ccc3s2)c(O)c1. The number of rotatable bonds is 12. The molecule has 3 aromatic rings. The molecule has 0 saturated carbocycles. The van der Waals surface area contributed by atoms with Gasteiger partial charge in [-0.15, -0.1) is 11.3 Å². The van der Waals surface area contributed by atoms with Crippen molar-refractivity contribution in [2.45, 2.75) is 65.2 Å². The van der Waals surface area contributed by atoms with Gasteiger partial charge in [0.2, 0.25) is 0 Å². The van der Waals surface area contributed by atoms with Crippen LogP contribution < -0.4 is 4.90 Å². The fourth-order valence-electron chi connectivity index (χ4n) is 3.74. The number of hydrogen-bond acceptors (Lipinski definition) is 4. The molecule has 3 rings (SSSR count). The summed E-state index contributed by atoms with van der Waals surface area (Å²) in [6.45, 7) is 6.58. The first-order chi connectivity index (χ1) is 14.6. The van der Waals surface area contributed by atoms with Gasteiger partial charge in [-0.05, 0) is 43.2 Å². The lowest BCUT2D eigenvalue weighted by molar-refractivity contribution is 0.477. The normalized spacial score (nSPS) is 11.3. The lowest BCUT2D eigenvalue weighted by Crippen LogP contribution is -2.25. The van der Waals surface area contributed by atoms with Crippen molar-refractivity contribution >= 4 is 38.8 Å². The minimum Gasteiger partial charge on any atom is -0.507 e. The van der Waals surface area contributed by atoms with Gasteiger partial charge in [0.1, 0.15) is 10.8 Å². The van der Waals surface area contributed by atoms with E-state index in [9.17, 15) is 5.11 Å². The molecule has 0 amide bonds. The molecule has 0 saturated heterocycles. The maximum Gasteiger partial charge on any atom is 0.128 e. The maximum atomic E-state index is 10.8. The van der Waals surface area contributed by atoms with Crippen LogP contribution in [0.15, 0.2) is 36.4 Å². The van der Waals surface area contributed by atoms with E-state index < -0.39 is 0 Å². The Bertz CT molecular complexity index is 928. The molecule has 1 heterocycles. The highest BCUT2D eigenvalue weighted by molar-refractivity contribution is 7.21. The smallest absolute Gasteiger partial charge is 0.128 e. The fraction of sp³-hybridized carbons (Fsp3) is 0.480. The molecule has 5 heteroatoms. The van der Waals surface area contributed by atoms with Gasteiger partial charge in [-0.1, -0.05) is 64.0 Å². The summed E-state index contributed by atoms with van der Waals surface area (Å²) in [5.41, 5.74) is 2.76. The van der Waals surface area contributed by atoms with Crippen LogP contribution >= 0.6 is 22.9 Å². The van der Waals surface area contributed by atoms with Crippen LogP contribution in [0.5, 0.6) is 5.75 Å². The third-order valence-corrected chi connectivity index (χ3v) is 6.79. The largest absolute Gasteiger partial charge is 0.507 e. The minimum atomic E-state index is 0.296. The first-order valence-corrected chi connectivity index (χ1v) is 12.5. The summed E-state index contributed by atoms with van der Waals surface area (Å²) < 4.78 is 1.08. The molecule has 0 bridgehead atoms. The van der Waals surface area contributed by atoms with Crippen LogP contribution in [0.4, 0.5) is 5.69 Å². The van der Waals surface area contributed by atoms with Crippen LogP contribution in [0.25, 0.3) is 20.8 Å². The van der Waals surface area contributed by atoms with Gasteiger partial charge in [0.05, 0.1) is 15.8 Å². The van der Waals surface area contributed by atoms with Gasteiger partial charge in [0.25, 0.3) is 0 Å². The van der Waals surface area contributed by atoms with Crippen LogP contribution in [0.2, 0.25) is 5.02 Å². The molecule has 1 aromatic heterocycles. The monoisotopic (exact) mass is 444 g/mol. The number of fused-ring (bicyclic) bond motifs is 1. The Morgan fingerprint density at radius 1 is 0.900 bits per heavy atom. The van der Waals surface area contributed by atoms with Crippen molar-refractivity contribution < 1.29 is 5.11 Å². The first-order valence-electron chi connectivity index (χ1n) is 11.3. The van der Waals surface area contributed by atoms with E-state index in [2.05, 4.69) is 29.8 Å². The van der Waals surface area contributed by atoms with E-state index in [0.29, 0.717) is 10.8 Å². The van der Waals surface area contributed by atoms with E-state index >= 15 is 0 Å². The lowest BCUT2D eigenvalue weighted by Gasteiger charge is -2.25. The second-order valence-corrected chi connectivity index (χ2v) is 9.41. The number of phenols is 1. The van der Waals surface area contributed by atoms with Gasteiger partial charge in [-0.2, -0.15) is 0 Å². The van der Waals surface area contributed by atoms with Crippen molar-refractivity contribution in [3.8, 4) is 16.3 Å². The van der Waals surface area contributed by atoms with Crippen molar-refractivity contribution in [1.82, 2.24) is 4.98 Å². The molecule has 0 aliphatic heterocycles. The maximum absolute atomic E-state index is 10.8. The Balaban J connectivity index is 1.77. The topological polar surface area (TPSA) is 36.4 Å². The number of aromatic hydroxyl groups is 1. The fourth-order valence-corrected chi connectivity index (χ4v) is 4.89. The molecular weight excluding hydrogens is 412 g/mol. The second kappa shape index (κ2) is 11.6. The Kier molecular flexibility index (Phi) is 8.83. The number of anilines is 1. The Hall–Kier alpha value is -1.78. The molecular formula is C25H33ClN2OS. The van der Waals surface area contributed by atoms with E-state index in [0.717, 1.165) is 39.6 Å². The number of halogens is 1. The molecule has 0 aliphatic rings. The van der Waals surface area contributed by atoms with Crippen LogP contribution in [-0.4, -0.2) is 23.2 Å². The molecule has 2 aromatic carbocycles. The van der Waals surface area contributed by atoms with E-state index in [1.165, 1.54) is 51.4 Å². The standard InChI is InChI=1S/C25H33ClN2OS/c1-3-5-7-9-15-28(16-10-8-6-4-2)20-12-13-21(23(29)18-20)25-27-22-17-19(26)11-14-24(22)30-25/h11-14,17-18,29H,3-10,15-16H2,1-2H3. The zero-order valence-corrected chi connectivity index (χ0v) is 19.7. The summed E-state index contributed by atoms with van der Waals surface area (Å²) in [7, 11) is 0. The van der Waals surface area contributed by atoms with Gasteiger partial charge in [0.15, 0.2) is 0 Å². The lowest BCUT2D eigenvalue weighted by atomic mass is 10.1. The zero-order valence-electron chi connectivity index (χ0n) is 18.2. The third-order valence-electron chi connectivity index (χ3n) is 5.49. The van der Waals surface area contributed by atoms with Gasteiger partial charge in [-0.25, -0.2) is 4.98 Å². The molecule has 162 valence electrons. The molecule has 3 nitrogen and oxygen atoms in total. The predicted molar refractivity (Wildman–Crippen MR) is 132 cm³/mol. The van der Waals surface area contributed by atoms with Gasteiger partial charge >= 0.3 is 0 Å². The number of hydrogen-bond donors (Lipinski definition) is 1. The molecule has 30 heavy (non-hydrogen) atoms. The van der Waals surface area contributed by atoms with E-state index in [-0.39, 0.29) is 0 Å². The molecule has 0 fully saturated rings. The van der Waals surface area contributed by atoms with E-state index in [4.69, 9.17) is 11.6 Å². The number of phenolic OH excluding ortho intramolecular Hbond substituents is 1. The van der Waals surface area contributed by atoms with Crippen molar-refractivity contribution in [2.75, 3.05) is 18.0 Å². The molecule has 0 aliphatic carbocycles. The van der Waals surface area contributed by atoms with Crippen LogP contribution in [0.1, 0.15) is 65.2 Å². The quantitative estimate of drug-likeness (QED) is 0.285. The Morgan fingerprint density at radius 3 is 2.23 bits per heavy atom. The number of thiazole rings is 1. The van der Waals surface area contributed by atoms with Crippen molar-refractivity contribution in [2.24, 2.45) is 0 Å². The number of unbranched alkanes of at least 4 members (excludes halogenated alkanes) is 6. The van der Waals surface area contributed by atoms with Gasteiger partial charge < -0.3 is 10.0 Å². The van der Waals surface area contributed by atoms with Gasteiger partial charge in [-0.3, -0.25) is 0 Å². The summed E-state index contributed by atoms with van der Waals surface area (Å²) >= 11 is 7.68. The summed E-state index contributed by atoms with van der Waals surface area (Å²) in [6.07, 6.45) is 10.00. The van der Waals surface area contributed by atoms with Crippen molar-refractivity contribution in [3.63, 3.8) is 0 Å². The third kappa shape index (κ3) is 6.12. The van der Waals surface area contributed by atoms with Crippen LogP contribution in [0, 0.1) is 0 Å². The van der Waals surface area contributed by atoms with Crippen LogP contribution in [0.3, 0.4) is 0 Å². The zero-order chi connectivity index (χ0) is 21.3. The van der Waals surface area contributed by atoms with E-state index in [1.54, 1.807) is 11.3 Å². The summed E-state index contributed by atoms with van der Waals surface area (Å²) in [6, 6.07) is 11.8. The Labute approximate surface area is 189 Å². The summed E-state index contributed by atoms with van der Waals surface area (Å²) in [4.78, 5) is 7.12. The van der Waals surface area contributed by atoms with Crippen molar-refractivity contribution in [3.05, 3.63) is 41.4 Å². The summed E-state index contributed by atoms with van der Waals surface area (Å²) in [5.74, 6) is 0.296. The highest BCUT2D eigenvalue weighted by atomic mass is 35.5. The second-order valence-electron chi connectivity index (χ2n) is 7.94. The highest BCUT2D eigenvalue weighted by Gasteiger charge is 2.14. The molecule has 1 N–H and O–H groups in total. The minimum absolute atomic E-state index is 0.296. The number of aromatic nitrogens is 1. The molecule has 0 spiro atoms. The average molecular weight is 445 g/mol. The van der Waals surface area contributed by atoms with Gasteiger partial charge in [0, 0.05) is 29.9 Å². The number of nitrogens with zero attached hydrogens (tertiary/aromatic N) is 2. The first kappa shape index (κ1) is 22.9. The average Bonchev–Trinajstić information content (AvgIpc) is 3.15. The summed E-state index contributed by atoms with van der Waals surface area (Å²) in [5, 5.41) is 12.3. The molecule has 0 unspecified atom stereocenters. The Morgan fingerprint density at radius 2 is 1.60 bits per heavy atom. The van der Waals surface area contributed by atoms with E-state index in [1.807, 2.05) is 30.3 Å². The molecule has 0 atom stereocenters.